The third-order valence-corrected chi connectivity index (χ3v) is 5.42. The number of nitrogens with one attached hydrogen (secondary N) is 1. The number of hydrogen-bond acceptors (Lipinski definition) is 7. The van der Waals surface area contributed by atoms with E-state index in [9.17, 15) is 32.7 Å². The molecule has 1 aromatic rings. The van der Waals surface area contributed by atoms with Gasteiger partial charge in [0.15, 0.2) is 11.4 Å². The summed E-state index contributed by atoms with van der Waals surface area (Å²) in [5.41, 5.74) is -4.78. The monoisotopic (exact) mass is 413 g/mol. The van der Waals surface area contributed by atoms with E-state index in [1.807, 2.05) is 0 Å². The first-order valence-electron chi connectivity index (χ1n) is 8.66. The molecule has 2 N–H and O–H groups in total. The quantitative estimate of drug-likeness (QED) is 0.710. The average molecular weight is 413 g/mol. The van der Waals surface area contributed by atoms with Gasteiger partial charge in [0.25, 0.3) is 5.79 Å². The lowest BCUT2D eigenvalue weighted by molar-refractivity contribution is -0.289. The molecule has 1 saturated carbocycles. The number of hydrogen-bond donors (Lipinski definition) is 2. The molecule has 0 aromatic heterocycles. The Balaban J connectivity index is 2.03. The Morgan fingerprint density at radius 2 is 1.52 bits per heavy atom. The van der Waals surface area contributed by atoms with Crippen LogP contribution in [-0.2, 0) is 35.6 Å². The molecule has 1 aliphatic carbocycles. The number of aliphatic hydroxyl groups is 1. The van der Waals surface area contributed by atoms with Crippen LogP contribution in [0.15, 0.2) is 36.4 Å². The Labute approximate surface area is 163 Å². The predicted octanol–water partition coefficient (Wildman–Crippen LogP) is 1.59. The van der Waals surface area contributed by atoms with Crippen LogP contribution >= 0.6 is 0 Å². The summed E-state index contributed by atoms with van der Waals surface area (Å²) in [6, 6.07) is 3.93. The molecule has 1 spiro atoms. The average Bonchev–Trinajstić information content (AvgIpc) is 2.80. The predicted molar refractivity (Wildman–Crippen MR) is 91.1 cm³/mol. The summed E-state index contributed by atoms with van der Waals surface area (Å²) >= 11 is 0. The highest BCUT2D eigenvalue weighted by Gasteiger charge is 2.67. The number of likely N-dealkylation sites (N-methyl/N-ethyl adjacent to an activating group) is 1. The van der Waals surface area contributed by atoms with E-state index in [-0.39, 0.29) is 18.4 Å². The lowest BCUT2D eigenvalue weighted by Gasteiger charge is -2.50. The van der Waals surface area contributed by atoms with E-state index in [1.54, 1.807) is 0 Å². The minimum Gasteiger partial charge on any atom is -0.416 e. The normalized spacial score (nSPS) is 29.4. The molecule has 0 amide bonds. The molecule has 2 atom stereocenters. The molecular formula is C19H18F3NO6. The van der Waals surface area contributed by atoms with Crippen LogP contribution in [-0.4, -0.2) is 41.3 Å². The van der Waals surface area contributed by atoms with E-state index in [0.717, 1.165) is 43.3 Å². The number of carbonyl (C=O) groups is 3. The third kappa shape index (κ3) is 3.22. The number of benzene rings is 1. The maximum Gasteiger partial charge on any atom is 0.416 e. The molecule has 1 aliphatic heterocycles. The van der Waals surface area contributed by atoms with E-state index < -0.39 is 46.4 Å². The number of esters is 2. The molecule has 0 saturated heterocycles. The molecule has 3 rings (SSSR count). The zero-order chi connectivity index (χ0) is 21.7. The molecule has 7 nitrogen and oxygen atoms in total. The Hall–Kier alpha value is -2.72. The highest BCUT2D eigenvalue weighted by molar-refractivity contribution is 6.00. The first-order valence-corrected chi connectivity index (χ1v) is 8.66. The molecule has 0 unspecified atom stereocenters. The minimum atomic E-state index is -4.55. The number of ketones is 1. The van der Waals surface area contributed by atoms with Gasteiger partial charge in [0.2, 0.25) is 0 Å². The van der Waals surface area contributed by atoms with Crippen LogP contribution in [0.2, 0.25) is 0 Å². The molecule has 1 fully saturated rings. The van der Waals surface area contributed by atoms with Crippen molar-refractivity contribution in [3.63, 3.8) is 0 Å². The minimum absolute atomic E-state index is 0.121. The zero-order valence-electron chi connectivity index (χ0n) is 15.5. The summed E-state index contributed by atoms with van der Waals surface area (Å²) in [7, 11) is 1.41. The van der Waals surface area contributed by atoms with Crippen molar-refractivity contribution in [2.45, 2.75) is 42.9 Å². The van der Waals surface area contributed by atoms with Crippen LogP contribution in [0.25, 0.3) is 0 Å². The lowest BCUT2D eigenvalue weighted by atomic mass is 9.66. The van der Waals surface area contributed by atoms with E-state index in [1.165, 1.54) is 7.05 Å². The Kier molecular flexibility index (Phi) is 4.83. The maximum absolute atomic E-state index is 13.3. The van der Waals surface area contributed by atoms with Gasteiger partial charge in [-0.3, -0.25) is 4.79 Å². The number of alkyl halides is 3. The zero-order valence-corrected chi connectivity index (χ0v) is 15.5. The second kappa shape index (κ2) is 6.67. The molecule has 0 bridgehead atoms. The van der Waals surface area contributed by atoms with Gasteiger partial charge < -0.3 is 19.9 Å². The molecule has 29 heavy (non-hydrogen) atoms. The topological polar surface area (TPSA) is 102 Å². The molecule has 10 heteroatoms. The number of carbonyl (C=O) groups excluding carboxylic acids is 3. The van der Waals surface area contributed by atoms with Gasteiger partial charge in [-0.2, -0.15) is 13.2 Å². The van der Waals surface area contributed by atoms with E-state index >= 15 is 0 Å². The Morgan fingerprint density at radius 1 is 1.00 bits per heavy atom. The standard InChI is InChI=1S/C19H18F3NO6/c1-16(27)15(26)17(23-2,11-3-5-12(6-4-11)19(20,21)22)9-10-18(16)28-13(24)7-8-14(25)29-18/h3-8,23,27H,9-10H2,1-2H3/t16-,17+/m0/s1. The van der Waals surface area contributed by atoms with Gasteiger partial charge in [-0.05, 0) is 38.1 Å². The highest BCUT2D eigenvalue weighted by Crippen LogP contribution is 2.47. The van der Waals surface area contributed by atoms with Crippen molar-refractivity contribution in [2.24, 2.45) is 0 Å². The Morgan fingerprint density at radius 3 is 1.97 bits per heavy atom. The van der Waals surface area contributed by atoms with Crippen LogP contribution in [0.4, 0.5) is 13.2 Å². The number of rotatable bonds is 2. The SMILES string of the molecule is CN[C@@]1(c2ccc(C(F)(F)F)cc2)CCC2(OC(=O)C=CC(=O)O2)[C@@](C)(O)C1=O. The third-order valence-electron chi connectivity index (χ3n) is 5.42. The van der Waals surface area contributed by atoms with Gasteiger partial charge in [-0.15, -0.1) is 0 Å². The van der Waals surface area contributed by atoms with Gasteiger partial charge in [0.05, 0.1) is 5.56 Å². The van der Waals surface area contributed by atoms with Crippen LogP contribution < -0.4 is 5.32 Å². The highest BCUT2D eigenvalue weighted by atomic mass is 19.4. The Bertz CT molecular complexity index is 870. The lowest BCUT2D eigenvalue weighted by Crippen LogP contribution is -2.71. The van der Waals surface area contributed by atoms with Gasteiger partial charge in [-0.1, -0.05) is 12.1 Å². The van der Waals surface area contributed by atoms with Gasteiger partial charge in [0, 0.05) is 18.6 Å². The largest absolute Gasteiger partial charge is 0.416 e. The summed E-state index contributed by atoms with van der Waals surface area (Å²) < 4.78 is 48.8. The van der Waals surface area contributed by atoms with Crippen molar-refractivity contribution >= 4 is 17.7 Å². The fourth-order valence-electron chi connectivity index (χ4n) is 3.75. The van der Waals surface area contributed by atoms with Crippen molar-refractivity contribution in [3.05, 3.63) is 47.5 Å². The van der Waals surface area contributed by atoms with Crippen LogP contribution in [0.1, 0.15) is 30.9 Å². The molecule has 1 aromatic carbocycles. The van der Waals surface area contributed by atoms with Crippen LogP contribution in [0.5, 0.6) is 0 Å². The number of Topliss-reactive ketones (excluding diaryl/α,β-unsaturated/α-hetero) is 1. The van der Waals surface area contributed by atoms with Crippen molar-refractivity contribution < 1.29 is 42.1 Å². The molecule has 2 aliphatic rings. The first kappa shape index (κ1) is 21.0. The van der Waals surface area contributed by atoms with Gasteiger partial charge in [0.1, 0.15) is 5.54 Å². The van der Waals surface area contributed by atoms with E-state index in [0.29, 0.717) is 0 Å². The van der Waals surface area contributed by atoms with E-state index in [4.69, 9.17) is 9.47 Å². The van der Waals surface area contributed by atoms with Crippen molar-refractivity contribution in [2.75, 3.05) is 7.05 Å². The second-order valence-corrected chi connectivity index (χ2v) is 7.06. The van der Waals surface area contributed by atoms with Crippen LogP contribution in [0.3, 0.4) is 0 Å². The van der Waals surface area contributed by atoms with E-state index in [2.05, 4.69) is 5.32 Å². The van der Waals surface area contributed by atoms with Crippen molar-refractivity contribution in [3.8, 4) is 0 Å². The molecule has 1 heterocycles. The second-order valence-electron chi connectivity index (χ2n) is 7.06. The summed E-state index contributed by atoms with van der Waals surface area (Å²) in [5, 5.41) is 13.8. The number of ether oxygens (including phenoxy) is 2. The number of halogens is 3. The summed E-state index contributed by atoms with van der Waals surface area (Å²) in [5.74, 6) is -5.12. The maximum atomic E-state index is 13.3. The van der Waals surface area contributed by atoms with Crippen molar-refractivity contribution in [1.29, 1.82) is 0 Å². The molecular weight excluding hydrogens is 395 g/mol. The van der Waals surface area contributed by atoms with Crippen LogP contribution in [0, 0.1) is 0 Å². The van der Waals surface area contributed by atoms with Gasteiger partial charge >= 0.3 is 18.1 Å². The smallest absolute Gasteiger partial charge is 0.416 e. The fraction of sp³-hybridized carbons (Fsp3) is 0.421. The summed E-state index contributed by atoms with van der Waals surface area (Å²) in [6.45, 7) is 1.04. The summed E-state index contributed by atoms with van der Waals surface area (Å²) in [6.07, 6.45) is -3.31. The molecule has 0 radical (unpaired) electrons. The summed E-state index contributed by atoms with van der Waals surface area (Å²) in [4.78, 5) is 37.0. The van der Waals surface area contributed by atoms with Gasteiger partial charge in [-0.25, -0.2) is 9.59 Å². The molecule has 156 valence electrons. The fourth-order valence-corrected chi connectivity index (χ4v) is 3.75. The van der Waals surface area contributed by atoms with Crippen molar-refractivity contribution in [1.82, 2.24) is 5.32 Å². The first-order chi connectivity index (χ1) is 13.4.